The molecule has 0 saturated carbocycles. The fourth-order valence-electron chi connectivity index (χ4n) is 6.39. The van der Waals surface area contributed by atoms with Gasteiger partial charge in [0.2, 0.25) is 6.79 Å². The van der Waals surface area contributed by atoms with Crippen LogP contribution in [0.4, 0.5) is 0 Å². The summed E-state index contributed by atoms with van der Waals surface area (Å²) < 4.78 is 18.8. The molecule has 11 nitrogen and oxygen atoms in total. The molecule has 11 heteroatoms. The number of ether oxygens (including phenoxy) is 3. The van der Waals surface area contributed by atoms with Gasteiger partial charge in [-0.3, -0.25) is 14.6 Å². The molecule has 2 unspecified atom stereocenters. The third kappa shape index (κ3) is 5.20. The van der Waals surface area contributed by atoms with Crippen LogP contribution in [0.25, 0.3) is 10.9 Å². The Morgan fingerprint density at radius 3 is 2.73 bits per heavy atom. The molecule has 214 valence electrons. The molecule has 4 aromatic rings. The first kappa shape index (κ1) is 26.1. The second kappa shape index (κ2) is 10.9. The van der Waals surface area contributed by atoms with E-state index >= 15 is 0 Å². The lowest BCUT2D eigenvalue weighted by molar-refractivity contribution is 0.0840. The van der Waals surface area contributed by atoms with Crippen molar-refractivity contribution in [2.75, 3.05) is 39.6 Å². The largest absolute Gasteiger partial charge is 0.454 e. The van der Waals surface area contributed by atoms with Crippen molar-refractivity contribution in [1.82, 2.24) is 35.0 Å². The zero-order valence-electron chi connectivity index (χ0n) is 23.5. The number of piperazine rings is 1. The van der Waals surface area contributed by atoms with Gasteiger partial charge < -0.3 is 19.2 Å². The topological polar surface area (TPSA) is 111 Å². The fraction of sp³-hybridized carbons (Fsp3) is 0.467. The maximum atomic E-state index is 13.7. The van der Waals surface area contributed by atoms with E-state index < -0.39 is 0 Å². The Balaban J connectivity index is 1.19. The molecule has 1 N–H and O–H groups in total. The monoisotopic (exact) mass is 557 g/mol. The molecule has 2 fully saturated rings. The van der Waals surface area contributed by atoms with Gasteiger partial charge >= 0.3 is 0 Å². The first-order chi connectivity index (χ1) is 20.0. The molecule has 3 aliphatic rings. The number of fused-ring (bicyclic) bond motifs is 2. The van der Waals surface area contributed by atoms with Crippen molar-refractivity contribution in [3.63, 3.8) is 0 Å². The van der Waals surface area contributed by atoms with Gasteiger partial charge in [-0.25, -0.2) is 4.68 Å². The van der Waals surface area contributed by atoms with Crippen LogP contribution in [0.15, 0.2) is 41.2 Å². The average Bonchev–Trinajstić information content (AvgIpc) is 3.73. The highest BCUT2D eigenvalue weighted by molar-refractivity contribution is 5.83. The van der Waals surface area contributed by atoms with Crippen LogP contribution in [0.5, 0.6) is 11.5 Å². The highest BCUT2D eigenvalue weighted by atomic mass is 16.7. The predicted molar refractivity (Wildman–Crippen MR) is 152 cm³/mol. The van der Waals surface area contributed by atoms with Crippen molar-refractivity contribution in [1.29, 1.82) is 0 Å². The predicted octanol–water partition coefficient (Wildman–Crippen LogP) is 2.95. The van der Waals surface area contributed by atoms with Crippen LogP contribution in [0.1, 0.15) is 47.0 Å². The summed E-state index contributed by atoms with van der Waals surface area (Å²) in [6.07, 6.45) is 2.11. The molecule has 0 amide bonds. The van der Waals surface area contributed by atoms with Crippen LogP contribution in [-0.4, -0.2) is 80.7 Å². The van der Waals surface area contributed by atoms with Gasteiger partial charge in [-0.1, -0.05) is 12.1 Å². The molecular formula is C30H35N7O4. The van der Waals surface area contributed by atoms with Gasteiger partial charge in [0, 0.05) is 55.8 Å². The number of H-pyrrole nitrogens is 1. The quantitative estimate of drug-likeness (QED) is 0.367. The maximum Gasteiger partial charge on any atom is 0.253 e. The Morgan fingerprint density at radius 1 is 1.05 bits per heavy atom. The lowest BCUT2D eigenvalue weighted by Gasteiger charge is -2.38. The standard InChI is InChI=1S/C30H35N7O4/c1-19-12-20(2)23-15-24(30(38)31-25(23)13-19)28(29-32-33-34-37(29)17-22-4-3-11-39-22)36-9-7-35(8-10-36)16-21-5-6-26-27(14-21)41-18-40-26/h5-6,12-15,22,28H,3-4,7-11,16-18H2,1-2H3,(H,31,38). The smallest absolute Gasteiger partial charge is 0.253 e. The van der Waals surface area contributed by atoms with Gasteiger partial charge in [0.1, 0.15) is 6.04 Å². The minimum atomic E-state index is -0.382. The van der Waals surface area contributed by atoms with Crippen LogP contribution >= 0.6 is 0 Å². The normalized spacial score (nSPS) is 20.2. The first-order valence-electron chi connectivity index (χ1n) is 14.4. The Labute approximate surface area is 238 Å². The molecule has 0 radical (unpaired) electrons. The molecule has 0 bridgehead atoms. The van der Waals surface area contributed by atoms with E-state index in [4.69, 9.17) is 14.2 Å². The van der Waals surface area contributed by atoms with Gasteiger partial charge in [-0.05, 0) is 78.1 Å². The summed E-state index contributed by atoms with van der Waals surface area (Å²) in [7, 11) is 0. The van der Waals surface area contributed by atoms with Crippen molar-refractivity contribution in [3.8, 4) is 11.5 Å². The molecule has 41 heavy (non-hydrogen) atoms. The molecule has 7 rings (SSSR count). The number of hydrogen-bond donors (Lipinski definition) is 1. The lowest BCUT2D eigenvalue weighted by Crippen LogP contribution is -2.48. The van der Waals surface area contributed by atoms with Crippen LogP contribution in [0.2, 0.25) is 0 Å². The van der Waals surface area contributed by atoms with Gasteiger partial charge in [0.25, 0.3) is 5.56 Å². The van der Waals surface area contributed by atoms with Crippen molar-refractivity contribution >= 4 is 10.9 Å². The van der Waals surface area contributed by atoms with Gasteiger partial charge in [-0.15, -0.1) is 5.10 Å². The van der Waals surface area contributed by atoms with E-state index in [0.717, 1.165) is 85.7 Å². The Morgan fingerprint density at radius 2 is 1.90 bits per heavy atom. The third-order valence-electron chi connectivity index (χ3n) is 8.46. The zero-order valence-corrected chi connectivity index (χ0v) is 23.5. The van der Waals surface area contributed by atoms with E-state index in [2.05, 4.69) is 55.4 Å². The number of nitrogens with one attached hydrogen (secondary N) is 1. The van der Waals surface area contributed by atoms with Crippen LogP contribution < -0.4 is 15.0 Å². The van der Waals surface area contributed by atoms with E-state index in [9.17, 15) is 4.79 Å². The molecule has 3 aliphatic heterocycles. The number of rotatable bonds is 7. The number of nitrogens with zero attached hydrogens (tertiary/aromatic N) is 6. The van der Waals surface area contributed by atoms with Crippen molar-refractivity contribution in [3.05, 3.63) is 74.8 Å². The second-order valence-electron chi connectivity index (χ2n) is 11.4. The lowest BCUT2D eigenvalue weighted by atomic mass is 9.99. The molecular weight excluding hydrogens is 522 g/mol. The summed E-state index contributed by atoms with van der Waals surface area (Å²) in [6.45, 7) is 9.81. The highest BCUT2D eigenvalue weighted by Gasteiger charge is 2.33. The molecule has 2 saturated heterocycles. The van der Waals surface area contributed by atoms with E-state index in [0.29, 0.717) is 17.9 Å². The molecule has 0 spiro atoms. The molecule has 2 aromatic heterocycles. The minimum absolute atomic E-state index is 0.0801. The number of pyridine rings is 1. The van der Waals surface area contributed by atoms with E-state index in [1.54, 1.807) is 0 Å². The first-order valence-corrected chi connectivity index (χ1v) is 14.4. The number of aryl methyl sites for hydroxylation is 2. The Hall–Kier alpha value is -3.80. The zero-order chi connectivity index (χ0) is 27.9. The van der Waals surface area contributed by atoms with Crippen molar-refractivity contribution < 1.29 is 14.2 Å². The summed E-state index contributed by atoms with van der Waals surface area (Å²) >= 11 is 0. The Bertz CT molecular complexity index is 1620. The Kier molecular flexibility index (Phi) is 6.93. The van der Waals surface area contributed by atoms with Crippen LogP contribution in [0.3, 0.4) is 0 Å². The molecule has 0 aliphatic carbocycles. The number of tetrazole rings is 1. The van der Waals surface area contributed by atoms with E-state index in [1.165, 1.54) is 5.56 Å². The maximum absolute atomic E-state index is 13.7. The molecule has 2 aromatic carbocycles. The van der Waals surface area contributed by atoms with Crippen LogP contribution in [0, 0.1) is 13.8 Å². The van der Waals surface area contributed by atoms with E-state index in [1.807, 2.05) is 29.8 Å². The number of aromatic amines is 1. The molecule has 5 heterocycles. The van der Waals surface area contributed by atoms with Crippen molar-refractivity contribution in [2.24, 2.45) is 0 Å². The van der Waals surface area contributed by atoms with Gasteiger partial charge in [-0.2, -0.15) is 0 Å². The number of benzene rings is 2. The number of hydrogen-bond acceptors (Lipinski definition) is 9. The minimum Gasteiger partial charge on any atom is -0.454 e. The third-order valence-corrected chi connectivity index (χ3v) is 8.46. The summed E-state index contributed by atoms with van der Waals surface area (Å²) in [4.78, 5) is 21.6. The van der Waals surface area contributed by atoms with E-state index in [-0.39, 0.29) is 24.5 Å². The van der Waals surface area contributed by atoms with Gasteiger partial charge in [0.15, 0.2) is 17.3 Å². The summed E-state index contributed by atoms with van der Waals surface area (Å²) in [5.74, 6) is 2.28. The second-order valence-corrected chi connectivity index (χ2v) is 11.4. The fourth-order valence-corrected chi connectivity index (χ4v) is 6.39. The van der Waals surface area contributed by atoms with Crippen LogP contribution in [-0.2, 0) is 17.8 Å². The summed E-state index contributed by atoms with van der Waals surface area (Å²) in [6, 6.07) is 12.0. The highest BCUT2D eigenvalue weighted by Crippen LogP contribution is 2.34. The summed E-state index contributed by atoms with van der Waals surface area (Å²) in [5.41, 5.74) is 4.84. The average molecular weight is 558 g/mol. The molecule has 2 atom stereocenters. The van der Waals surface area contributed by atoms with Crippen molar-refractivity contribution in [2.45, 2.75) is 51.9 Å². The van der Waals surface area contributed by atoms with Gasteiger partial charge in [0.05, 0.1) is 12.6 Å². The SMILES string of the molecule is Cc1cc(C)c2cc(C(c3nnnn3CC3CCCO3)N3CCN(Cc4ccc5c(c4)OCO5)CC3)c(=O)[nH]c2c1. The summed E-state index contributed by atoms with van der Waals surface area (Å²) in [5, 5.41) is 13.9. The number of aromatic nitrogens is 5.